The number of aromatic nitrogens is 2. The van der Waals surface area contributed by atoms with E-state index >= 15 is 0 Å². The highest BCUT2D eigenvalue weighted by Crippen LogP contribution is 2.23. The number of para-hydroxylation sites is 1. The third-order valence-electron chi connectivity index (χ3n) is 4.28. The summed E-state index contributed by atoms with van der Waals surface area (Å²) in [4.78, 5) is 11.1. The fourth-order valence-corrected chi connectivity index (χ4v) is 2.98. The van der Waals surface area contributed by atoms with Gasteiger partial charge in [0, 0.05) is 19.6 Å². The van der Waals surface area contributed by atoms with Crippen LogP contribution in [0, 0.1) is 6.92 Å². The first kappa shape index (κ1) is 15.9. The molecule has 2 heterocycles. The van der Waals surface area contributed by atoms with Crippen LogP contribution in [-0.4, -0.2) is 51.8 Å². The van der Waals surface area contributed by atoms with Gasteiger partial charge in [0.25, 0.3) is 0 Å². The molecule has 0 aliphatic carbocycles. The van der Waals surface area contributed by atoms with E-state index in [-0.39, 0.29) is 0 Å². The minimum absolute atomic E-state index is 0.601. The van der Waals surface area contributed by atoms with Gasteiger partial charge in [-0.15, -0.1) is 6.58 Å². The van der Waals surface area contributed by atoms with E-state index in [1.54, 1.807) is 6.08 Å². The first-order valence-corrected chi connectivity index (χ1v) is 8.04. The Morgan fingerprint density at radius 2 is 2.22 bits per heavy atom. The number of aliphatic hydroxyl groups is 1. The summed E-state index contributed by atoms with van der Waals surface area (Å²) in [6.45, 7) is 8.64. The first-order chi connectivity index (χ1) is 11.1. The van der Waals surface area contributed by atoms with E-state index in [0.29, 0.717) is 24.9 Å². The lowest BCUT2D eigenvalue weighted by Crippen LogP contribution is -2.31. The van der Waals surface area contributed by atoms with Crippen LogP contribution in [0.2, 0.25) is 0 Å². The topological polar surface area (TPSA) is 58.5 Å². The van der Waals surface area contributed by atoms with E-state index < -0.39 is 5.60 Å². The first-order valence-electron chi connectivity index (χ1n) is 8.04. The van der Waals surface area contributed by atoms with Crippen molar-refractivity contribution in [3.63, 3.8) is 0 Å². The maximum Gasteiger partial charge on any atom is 0.224 e. The van der Waals surface area contributed by atoms with Gasteiger partial charge in [0.2, 0.25) is 5.88 Å². The molecule has 0 bridgehead atoms. The molecule has 5 nitrogen and oxygen atoms in total. The zero-order valence-electron chi connectivity index (χ0n) is 13.5. The summed E-state index contributed by atoms with van der Waals surface area (Å²) in [5, 5.41) is 11.1. The lowest BCUT2D eigenvalue weighted by molar-refractivity contribution is 0.0977. The number of hydrogen-bond acceptors (Lipinski definition) is 5. The van der Waals surface area contributed by atoms with Crippen molar-refractivity contribution in [2.75, 3.05) is 26.2 Å². The van der Waals surface area contributed by atoms with E-state index in [0.717, 1.165) is 36.8 Å². The van der Waals surface area contributed by atoms with Crippen molar-refractivity contribution in [2.24, 2.45) is 0 Å². The minimum atomic E-state index is -0.721. The van der Waals surface area contributed by atoms with Gasteiger partial charge in [0.1, 0.15) is 5.82 Å². The molecular formula is C18H23N3O2. The van der Waals surface area contributed by atoms with Crippen LogP contribution in [0.3, 0.4) is 0 Å². The Balaban J connectivity index is 1.55. The molecule has 0 radical (unpaired) electrons. The molecule has 0 saturated carbocycles. The van der Waals surface area contributed by atoms with Crippen molar-refractivity contribution in [3.8, 4) is 5.88 Å². The molecule has 1 aliphatic heterocycles. The molecular weight excluding hydrogens is 290 g/mol. The second-order valence-electron chi connectivity index (χ2n) is 6.13. The highest BCUT2D eigenvalue weighted by atomic mass is 16.5. The second kappa shape index (κ2) is 6.64. The molecule has 5 heteroatoms. The monoisotopic (exact) mass is 313 g/mol. The third kappa shape index (κ3) is 3.68. The molecule has 122 valence electrons. The van der Waals surface area contributed by atoms with Gasteiger partial charge in [-0.25, -0.2) is 4.98 Å². The summed E-state index contributed by atoms with van der Waals surface area (Å²) in [7, 11) is 0. The molecule has 3 rings (SSSR count). The molecule has 0 spiro atoms. The molecule has 1 N–H and O–H groups in total. The van der Waals surface area contributed by atoms with E-state index in [4.69, 9.17) is 4.74 Å². The SMILES string of the molecule is C=CC1(O)CCN(CCCOc2nc(C)nc3ccccc23)C1. The summed E-state index contributed by atoms with van der Waals surface area (Å²) in [5.74, 6) is 1.37. The molecule has 2 aromatic rings. The maximum atomic E-state index is 10.1. The standard InChI is InChI=1S/C18H23N3O2/c1-3-18(22)9-11-21(13-18)10-6-12-23-17-15-7-4-5-8-16(15)19-14(2)20-17/h3-5,7-8,22H,1,6,9-13H2,2H3. The van der Waals surface area contributed by atoms with Crippen molar-refractivity contribution >= 4 is 10.9 Å². The fraction of sp³-hybridized carbons (Fsp3) is 0.444. The normalized spacial score (nSPS) is 21.7. The molecule has 1 atom stereocenters. The van der Waals surface area contributed by atoms with Crippen LogP contribution in [0.5, 0.6) is 5.88 Å². The van der Waals surface area contributed by atoms with Gasteiger partial charge in [0.15, 0.2) is 0 Å². The number of aryl methyl sites for hydroxylation is 1. The fourth-order valence-electron chi connectivity index (χ4n) is 2.98. The Kier molecular flexibility index (Phi) is 4.59. The molecule has 1 aliphatic rings. The Labute approximate surface area is 136 Å². The number of ether oxygens (including phenoxy) is 1. The van der Waals surface area contributed by atoms with E-state index in [2.05, 4.69) is 21.4 Å². The maximum absolute atomic E-state index is 10.1. The van der Waals surface area contributed by atoms with Crippen molar-refractivity contribution in [1.82, 2.24) is 14.9 Å². The van der Waals surface area contributed by atoms with E-state index in [1.165, 1.54) is 0 Å². The number of likely N-dealkylation sites (tertiary alicyclic amines) is 1. The van der Waals surface area contributed by atoms with Gasteiger partial charge in [-0.3, -0.25) is 4.90 Å². The molecule has 1 aromatic heterocycles. The van der Waals surface area contributed by atoms with Crippen LogP contribution < -0.4 is 4.74 Å². The zero-order valence-corrected chi connectivity index (χ0v) is 13.5. The van der Waals surface area contributed by atoms with Crippen molar-refractivity contribution < 1.29 is 9.84 Å². The number of rotatable bonds is 6. The third-order valence-corrected chi connectivity index (χ3v) is 4.28. The Morgan fingerprint density at radius 1 is 1.39 bits per heavy atom. The Bertz CT molecular complexity index is 704. The highest BCUT2D eigenvalue weighted by molar-refractivity contribution is 5.83. The largest absolute Gasteiger partial charge is 0.477 e. The van der Waals surface area contributed by atoms with Crippen molar-refractivity contribution in [2.45, 2.75) is 25.4 Å². The van der Waals surface area contributed by atoms with Crippen LogP contribution in [-0.2, 0) is 0 Å². The summed E-state index contributed by atoms with van der Waals surface area (Å²) in [6.07, 6.45) is 3.30. The Morgan fingerprint density at radius 3 is 3.00 bits per heavy atom. The molecule has 1 fully saturated rings. The smallest absolute Gasteiger partial charge is 0.224 e. The van der Waals surface area contributed by atoms with Crippen molar-refractivity contribution in [1.29, 1.82) is 0 Å². The predicted octanol–water partition coefficient (Wildman–Crippen LogP) is 2.33. The van der Waals surface area contributed by atoms with Crippen LogP contribution in [0.25, 0.3) is 10.9 Å². The van der Waals surface area contributed by atoms with E-state index in [1.807, 2.05) is 31.2 Å². The molecule has 1 unspecified atom stereocenters. The van der Waals surface area contributed by atoms with Crippen molar-refractivity contribution in [3.05, 3.63) is 42.7 Å². The van der Waals surface area contributed by atoms with Crippen LogP contribution >= 0.6 is 0 Å². The van der Waals surface area contributed by atoms with Gasteiger partial charge < -0.3 is 9.84 Å². The van der Waals surface area contributed by atoms with Crippen LogP contribution in [0.4, 0.5) is 0 Å². The number of β-amino-alcohol motifs (C(OH)–C–C–N with tert-alkyl or cyclic N) is 1. The molecule has 0 amide bonds. The lowest BCUT2D eigenvalue weighted by atomic mass is 10.0. The highest BCUT2D eigenvalue weighted by Gasteiger charge is 2.32. The van der Waals surface area contributed by atoms with Crippen LogP contribution in [0.1, 0.15) is 18.7 Å². The second-order valence-corrected chi connectivity index (χ2v) is 6.13. The lowest BCUT2D eigenvalue weighted by Gasteiger charge is -2.19. The van der Waals surface area contributed by atoms with Gasteiger partial charge in [-0.1, -0.05) is 18.2 Å². The average Bonchev–Trinajstić information content (AvgIpc) is 2.93. The number of benzene rings is 1. The summed E-state index contributed by atoms with van der Waals surface area (Å²) < 4.78 is 5.88. The minimum Gasteiger partial charge on any atom is -0.477 e. The molecule has 1 saturated heterocycles. The van der Waals surface area contributed by atoms with Gasteiger partial charge in [0.05, 0.1) is 23.1 Å². The summed E-state index contributed by atoms with van der Waals surface area (Å²) >= 11 is 0. The van der Waals surface area contributed by atoms with Crippen LogP contribution in [0.15, 0.2) is 36.9 Å². The number of hydrogen-bond donors (Lipinski definition) is 1. The average molecular weight is 313 g/mol. The van der Waals surface area contributed by atoms with Gasteiger partial charge >= 0.3 is 0 Å². The Hall–Kier alpha value is -1.98. The predicted molar refractivity (Wildman–Crippen MR) is 90.6 cm³/mol. The van der Waals surface area contributed by atoms with Gasteiger partial charge in [-0.2, -0.15) is 4.98 Å². The van der Waals surface area contributed by atoms with E-state index in [9.17, 15) is 5.11 Å². The quantitative estimate of drug-likeness (QED) is 0.655. The number of fused-ring (bicyclic) bond motifs is 1. The zero-order chi connectivity index (χ0) is 16.3. The number of nitrogens with zero attached hydrogens (tertiary/aromatic N) is 3. The molecule has 1 aromatic carbocycles. The summed E-state index contributed by atoms with van der Waals surface area (Å²) in [6, 6.07) is 7.88. The molecule has 23 heavy (non-hydrogen) atoms. The van der Waals surface area contributed by atoms with Gasteiger partial charge in [-0.05, 0) is 31.9 Å². The summed E-state index contributed by atoms with van der Waals surface area (Å²) in [5.41, 5.74) is 0.187.